The van der Waals surface area contributed by atoms with E-state index in [1.807, 2.05) is 36.4 Å². The molecule has 0 saturated carbocycles. The first kappa shape index (κ1) is 10.3. The fraction of sp³-hybridized carbons (Fsp3) is 0. The fourth-order valence-corrected chi connectivity index (χ4v) is 0.589. The van der Waals surface area contributed by atoms with Crippen LogP contribution in [0, 0.1) is 0 Å². The van der Waals surface area contributed by atoms with Gasteiger partial charge in [-0.2, -0.15) is 0 Å². The van der Waals surface area contributed by atoms with Gasteiger partial charge in [0.05, 0.1) is 0 Å². The molecule has 0 aliphatic heterocycles. The molecule has 1 rings (SSSR count). The molecule has 56 valence electrons. The summed E-state index contributed by atoms with van der Waals surface area (Å²) in [5, 5.41) is 0. The van der Waals surface area contributed by atoms with Crippen molar-refractivity contribution in [2.45, 2.75) is 0 Å². The third-order valence-electron chi connectivity index (χ3n) is 1.04. The van der Waals surface area contributed by atoms with E-state index >= 15 is 0 Å². The molecule has 0 aliphatic rings. The third-order valence-corrected chi connectivity index (χ3v) is 1.04. The number of rotatable bonds is 1. The molecule has 0 N–H and O–H groups in total. The molecule has 2 nitrogen and oxygen atoms in total. The Bertz CT molecular complexity index is 238. The van der Waals surface area contributed by atoms with Gasteiger partial charge in [0.2, 0.25) is 0 Å². The zero-order valence-corrected chi connectivity index (χ0v) is 7.55. The molecule has 0 saturated heterocycles. The number of benzene rings is 1. The van der Waals surface area contributed by atoms with Crippen LogP contribution in [0.3, 0.4) is 0 Å². The van der Waals surface area contributed by atoms with Crippen LogP contribution in [-0.2, 0) is 25.7 Å². The van der Waals surface area contributed by atoms with Crippen LogP contribution >= 0.6 is 0 Å². The van der Waals surface area contributed by atoms with Crippen LogP contribution in [0.2, 0.25) is 0 Å². The summed E-state index contributed by atoms with van der Waals surface area (Å²) in [5.41, 5.74) is 1.17. The Balaban J connectivity index is 0.000000292. The van der Waals surface area contributed by atoms with Gasteiger partial charge in [0.15, 0.2) is 0 Å². The predicted octanol–water partition coefficient (Wildman–Crippen LogP) is 2.09. The number of hydrogen-bond donors (Lipinski definition) is 0. The van der Waals surface area contributed by atoms with Crippen molar-refractivity contribution in [3.8, 4) is 0 Å². The van der Waals surface area contributed by atoms with E-state index in [-0.39, 0.29) is 0 Å². The first-order valence-corrected chi connectivity index (χ1v) is 4.29. The molecule has 0 amide bonds. The van der Waals surface area contributed by atoms with Crippen molar-refractivity contribution in [1.29, 1.82) is 0 Å². The predicted molar refractivity (Wildman–Crippen MR) is 37.9 cm³/mol. The maximum absolute atomic E-state index is 8.50. The second-order valence-corrected chi connectivity index (χ2v) is 1.96. The van der Waals surface area contributed by atoms with E-state index in [1.54, 1.807) is 0 Å². The van der Waals surface area contributed by atoms with E-state index in [0.717, 1.165) is 0 Å². The van der Waals surface area contributed by atoms with E-state index in [1.165, 1.54) is 5.56 Å². The molecule has 1 aromatic rings. The second kappa shape index (κ2) is 7.38. The quantitative estimate of drug-likeness (QED) is 0.626. The van der Waals surface area contributed by atoms with Crippen molar-refractivity contribution < 1.29 is 25.7 Å². The second-order valence-electron chi connectivity index (χ2n) is 1.70. The molecule has 0 atom stereocenters. The summed E-state index contributed by atoms with van der Waals surface area (Å²) < 4.78 is 17.0. The summed E-state index contributed by atoms with van der Waals surface area (Å²) in [7, 11) is 0. The first-order valence-electron chi connectivity index (χ1n) is 3.02. The van der Waals surface area contributed by atoms with Crippen LogP contribution in [0.1, 0.15) is 5.56 Å². The average Bonchev–Trinajstić information content (AvgIpc) is 2.08. The molecule has 3 heteroatoms. The van der Waals surface area contributed by atoms with Crippen LogP contribution < -0.4 is 0 Å². The van der Waals surface area contributed by atoms with Gasteiger partial charge in [-0.25, -0.2) is 0 Å². The summed E-state index contributed by atoms with van der Waals surface area (Å²) in [6, 6.07) is 10.0. The van der Waals surface area contributed by atoms with Gasteiger partial charge in [0, 0.05) is 0 Å². The molecule has 0 fully saturated rings. The van der Waals surface area contributed by atoms with E-state index in [2.05, 4.69) is 6.58 Å². The summed E-state index contributed by atoms with van der Waals surface area (Å²) >= 11 is -2.00. The Hall–Kier alpha value is -0.726. The molecule has 0 aliphatic carbocycles. The van der Waals surface area contributed by atoms with E-state index in [9.17, 15) is 0 Å². The molecule has 0 heterocycles. The Labute approximate surface area is 74.5 Å². The summed E-state index contributed by atoms with van der Waals surface area (Å²) in [6.07, 6.45) is 1.83. The molecule has 0 radical (unpaired) electrons. The molecule has 0 aromatic heterocycles. The summed E-state index contributed by atoms with van der Waals surface area (Å²) in [4.78, 5) is 0. The van der Waals surface area contributed by atoms with Crippen molar-refractivity contribution in [2.24, 2.45) is 0 Å². The molecule has 0 spiro atoms. The van der Waals surface area contributed by atoms with Crippen molar-refractivity contribution in [3.63, 3.8) is 0 Å². The van der Waals surface area contributed by atoms with Crippen LogP contribution in [0.25, 0.3) is 6.08 Å². The maximum atomic E-state index is 8.50. The van der Waals surface area contributed by atoms with Gasteiger partial charge in [-0.05, 0) is 5.56 Å². The van der Waals surface area contributed by atoms with Gasteiger partial charge in [-0.15, -0.1) is 0 Å². The van der Waals surface area contributed by atoms with Crippen LogP contribution in [-0.4, -0.2) is 0 Å². The summed E-state index contributed by atoms with van der Waals surface area (Å²) in [6.45, 7) is 3.63. The Kier molecular flexibility index (Phi) is 6.90. The standard InChI is InChI=1S/C8H8.2O.Ti/c1-2-8-6-4-3-5-7-8;;;/h2-7H,1H2;;;. The molecule has 0 bridgehead atoms. The van der Waals surface area contributed by atoms with Gasteiger partial charge in [-0.1, -0.05) is 43.0 Å². The molecular formula is C8H8O2Ti. The van der Waals surface area contributed by atoms with Crippen molar-refractivity contribution in [1.82, 2.24) is 0 Å². The molecule has 1 aromatic carbocycles. The van der Waals surface area contributed by atoms with Crippen molar-refractivity contribution in [3.05, 3.63) is 42.5 Å². The van der Waals surface area contributed by atoms with Gasteiger partial charge in [0.1, 0.15) is 0 Å². The first-order chi connectivity index (χ1) is 5.35. The van der Waals surface area contributed by atoms with E-state index in [0.29, 0.717) is 0 Å². The van der Waals surface area contributed by atoms with E-state index in [4.69, 9.17) is 6.65 Å². The topological polar surface area (TPSA) is 34.1 Å². The van der Waals surface area contributed by atoms with Gasteiger partial charge >= 0.3 is 25.7 Å². The zero-order valence-electron chi connectivity index (χ0n) is 5.99. The minimum atomic E-state index is -2.00. The van der Waals surface area contributed by atoms with Crippen LogP contribution in [0.4, 0.5) is 0 Å². The fourth-order valence-electron chi connectivity index (χ4n) is 0.589. The molecular weight excluding hydrogens is 176 g/mol. The SMILES string of the molecule is C=Cc1ccccc1.[O]=[Ti]=[O]. The number of hydrogen-bond acceptors (Lipinski definition) is 2. The third kappa shape index (κ3) is 5.71. The van der Waals surface area contributed by atoms with Crippen molar-refractivity contribution >= 4 is 6.08 Å². The molecule has 11 heavy (non-hydrogen) atoms. The van der Waals surface area contributed by atoms with Crippen LogP contribution in [0.5, 0.6) is 0 Å². The zero-order chi connectivity index (χ0) is 8.53. The van der Waals surface area contributed by atoms with E-state index < -0.39 is 19.1 Å². The van der Waals surface area contributed by atoms with Gasteiger partial charge < -0.3 is 0 Å². The van der Waals surface area contributed by atoms with Gasteiger partial charge in [-0.3, -0.25) is 0 Å². The Morgan fingerprint density at radius 2 is 1.64 bits per heavy atom. The normalized spacial score (nSPS) is 6.91. The minimum absolute atomic E-state index is 1.17. The Morgan fingerprint density at radius 1 is 1.18 bits per heavy atom. The van der Waals surface area contributed by atoms with Crippen molar-refractivity contribution in [2.75, 3.05) is 0 Å². The average molecular weight is 184 g/mol. The van der Waals surface area contributed by atoms with Crippen LogP contribution in [0.15, 0.2) is 36.9 Å². The van der Waals surface area contributed by atoms with Gasteiger partial charge in [0.25, 0.3) is 0 Å². The summed E-state index contributed by atoms with van der Waals surface area (Å²) in [5.74, 6) is 0. The monoisotopic (exact) mass is 184 g/mol. The Morgan fingerprint density at radius 3 is 1.91 bits per heavy atom. The molecule has 0 unspecified atom stereocenters.